The number of hydrogen-bond acceptors (Lipinski definition) is 5. The summed E-state index contributed by atoms with van der Waals surface area (Å²) in [7, 11) is 0. The van der Waals surface area contributed by atoms with Crippen molar-refractivity contribution in [3.8, 4) is 11.8 Å². The van der Waals surface area contributed by atoms with Gasteiger partial charge in [-0.3, -0.25) is 0 Å². The van der Waals surface area contributed by atoms with Crippen molar-refractivity contribution in [2.75, 3.05) is 11.9 Å². The van der Waals surface area contributed by atoms with Crippen molar-refractivity contribution in [1.29, 1.82) is 0 Å². The summed E-state index contributed by atoms with van der Waals surface area (Å²) in [5, 5.41) is 5.61. The fourth-order valence-corrected chi connectivity index (χ4v) is 2.64. The molecule has 0 fully saturated rings. The molecule has 0 aliphatic carbocycles. The Morgan fingerprint density at radius 2 is 1.86 bits per heavy atom. The Balaban J connectivity index is 1.25. The summed E-state index contributed by atoms with van der Waals surface area (Å²) >= 11 is 0. The van der Waals surface area contributed by atoms with Crippen molar-refractivity contribution in [2.45, 2.75) is 6.42 Å². The van der Waals surface area contributed by atoms with E-state index < -0.39 is 0 Å². The van der Waals surface area contributed by atoms with E-state index in [-0.39, 0.29) is 12.0 Å². The second kappa shape index (κ2) is 8.17. The first-order valence-electron chi connectivity index (χ1n) is 8.79. The lowest BCUT2D eigenvalue weighted by Crippen LogP contribution is -2.30. The number of rotatable bonds is 6. The number of ether oxygens (including phenoxy) is 1. The molecular weight excluding hydrogens is 356 g/mol. The molecule has 0 spiro atoms. The maximum Gasteiger partial charge on any atom is 0.321 e. The SMILES string of the molecule is O=C(NCCc1cn2ccccc2n1)Nc1ccc(Oc2ncccn2)cc1. The molecule has 4 rings (SSSR count). The van der Waals surface area contributed by atoms with Gasteiger partial charge < -0.3 is 19.8 Å². The Hall–Kier alpha value is -3.94. The molecule has 0 atom stereocenters. The minimum absolute atomic E-state index is 0.271. The summed E-state index contributed by atoms with van der Waals surface area (Å²) in [5.41, 5.74) is 2.48. The maximum absolute atomic E-state index is 12.1. The number of urea groups is 1. The van der Waals surface area contributed by atoms with Crippen LogP contribution in [0.25, 0.3) is 5.65 Å². The van der Waals surface area contributed by atoms with E-state index in [0.29, 0.717) is 24.4 Å². The van der Waals surface area contributed by atoms with Crippen LogP contribution >= 0.6 is 0 Å². The second-order valence-corrected chi connectivity index (χ2v) is 5.99. The number of carbonyl (C=O) groups is 1. The molecule has 140 valence electrons. The van der Waals surface area contributed by atoms with Gasteiger partial charge in [-0.1, -0.05) is 6.07 Å². The van der Waals surface area contributed by atoms with E-state index in [4.69, 9.17) is 4.74 Å². The number of pyridine rings is 1. The van der Waals surface area contributed by atoms with Crippen molar-refractivity contribution in [3.63, 3.8) is 0 Å². The first kappa shape index (κ1) is 17.5. The van der Waals surface area contributed by atoms with E-state index in [2.05, 4.69) is 25.6 Å². The summed E-state index contributed by atoms with van der Waals surface area (Å²) in [4.78, 5) is 24.6. The number of carbonyl (C=O) groups excluding carboxylic acids is 1. The number of hydrogen-bond donors (Lipinski definition) is 2. The Morgan fingerprint density at radius 3 is 2.64 bits per heavy atom. The van der Waals surface area contributed by atoms with Crippen LogP contribution in [0.15, 0.2) is 73.3 Å². The van der Waals surface area contributed by atoms with E-state index in [9.17, 15) is 4.79 Å². The molecule has 0 unspecified atom stereocenters. The van der Waals surface area contributed by atoms with Gasteiger partial charge in [0, 0.05) is 43.4 Å². The van der Waals surface area contributed by atoms with Crippen molar-refractivity contribution >= 4 is 17.4 Å². The molecule has 3 aromatic heterocycles. The monoisotopic (exact) mass is 374 g/mol. The number of fused-ring (bicyclic) bond motifs is 1. The fourth-order valence-electron chi connectivity index (χ4n) is 2.64. The van der Waals surface area contributed by atoms with Crippen LogP contribution in [0.2, 0.25) is 0 Å². The number of nitrogens with one attached hydrogen (secondary N) is 2. The number of aromatic nitrogens is 4. The van der Waals surface area contributed by atoms with Crippen LogP contribution in [0.4, 0.5) is 10.5 Å². The molecule has 8 heteroatoms. The predicted molar refractivity (Wildman–Crippen MR) is 104 cm³/mol. The summed E-state index contributed by atoms with van der Waals surface area (Å²) in [6.07, 6.45) is 7.77. The van der Waals surface area contributed by atoms with Gasteiger partial charge in [-0.15, -0.1) is 0 Å². The molecule has 0 saturated heterocycles. The number of nitrogens with zero attached hydrogens (tertiary/aromatic N) is 4. The Morgan fingerprint density at radius 1 is 1.04 bits per heavy atom. The van der Waals surface area contributed by atoms with Crippen molar-refractivity contribution < 1.29 is 9.53 Å². The smallest absolute Gasteiger partial charge is 0.321 e. The van der Waals surface area contributed by atoms with Gasteiger partial charge in [0.05, 0.1) is 5.69 Å². The lowest BCUT2D eigenvalue weighted by Gasteiger charge is -2.08. The third-order valence-electron chi connectivity index (χ3n) is 3.94. The zero-order valence-corrected chi connectivity index (χ0v) is 14.9. The summed E-state index contributed by atoms with van der Waals surface area (Å²) in [6, 6.07) is 14.5. The minimum atomic E-state index is -0.274. The minimum Gasteiger partial charge on any atom is -0.424 e. The third-order valence-corrected chi connectivity index (χ3v) is 3.94. The quantitative estimate of drug-likeness (QED) is 0.540. The van der Waals surface area contributed by atoms with E-state index in [0.717, 1.165) is 11.3 Å². The van der Waals surface area contributed by atoms with E-state index >= 15 is 0 Å². The molecule has 0 bridgehead atoms. The van der Waals surface area contributed by atoms with Crippen molar-refractivity contribution in [3.05, 3.63) is 79.0 Å². The van der Waals surface area contributed by atoms with E-state index in [1.807, 2.05) is 35.0 Å². The van der Waals surface area contributed by atoms with Gasteiger partial charge in [-0.25, -0.2) is 19.7 Å². The van der Waals surface area contributed by atoms with Crippen molar-refractivity contribution in [2.24, 2.45) is 0 Å². The van der Waals surface area contributed by atoms with E-state index in [1.54, 1.807) is 42.7 Å². The average molecular weight is 374 g/mol. The van der Waals surface area contributed by atoms with Gasteiger partial charge in [0.1, 0.15) is 11.4 Å². The summed E-state index contributed by atoms with van der Waals surface area (Å²) in [6.45, 7) is 0.488. The molecule has 0 aliphatic heterocycles. The van der Waals surface area contributed by atoms with Gasteiger partial charge in [0.2, 0.25) is 0 Å². The Bertz CT molecular complexity index is 1030. The lowest BCUT2D eigenvalue weighted by molar-refractivity contribution is 0.252. The first-order chi connectivity index (χ1) is 13.8. The van der Waals surface area contributed by atoms with Crippen LogP contribution in [0.3, 0.4) is 0 Å². The lowest BCUT2D eigenvalue weighted by atomic mass is 10.3. The summed E-state index contributed by atoms with van der Waals surface area (Å²) < 4.78 is 7.48. The van der Waals surface area contributed by atoms with Gasteiger partial charge in [0.15, 0.2) is 0 Å². The van der Waals surface area contributed by atoms with Crippen LogP contribution in [0, 0.1) is 0 Å². The molecule has 28 heavy (non-hydrogen) atoms. The standard InChI is InChI=1S/C20H18N6O2/c27-19(21-12-9-16-14-26-13-2-1-4-18(26)24-16)25-15-5-7-17(8-6-15)28-20-22-10-3-11-23-20/h1-8,10-11,13-14H,9,12H2,(H2,21,25,27). The van der Waals surface area contributed by atoms with Gasteiger partial charge in [-0.2, -0.15) is 0 Å². The highest BCUT2D eigenvalue weighted by molar-refractivity contribution is 5.89. The van der Waals surface area contributed by atoms with Gasteiger partial charge in [0.25, 0.3) is 0 Å². The fraction of sp³-hybridized carbons (Fsp3) is 0.100. The van der Waals surface area contributed by atoms with Crippen LogP contribution in [-0.4, -0.2) is 31.9 Å². The highest BCUT2D eigenvalue weighted by atomic mass is 16.5. The average Bonchev–Trinajstić information content (AvgIpc) is 3.13. The first-order valence-corrected chi connectivity index (χ1v) is 8.79. The maximum atomic E-state index is 12.1. The zero-order valence-electron chi connectivity index (χ0n) is 14.9. The molecule has 1 aromatic carbocycles. The van der Waals surface area contributed by atoms with Crippen molar-refractivity contribution in [1.82, 2.24) is 24.7 Å². The molecule has 8 nitrogen and oxygen atoms in total. The third kappa shape index (κ3) is 4.42. The van der Waals surface area contributed by atoms with Crippen LogP contribution < -0.4 is 15.4 Å². The molecule has 0 aliphatic rings. The second-order valence-electron chi connectivity index (χ2n) is 5.99. The number of imidazole rings is 1. The largest absolute Gasteiger partial charge is 0.424 e. The summed E-state index contributed by atoms with van der Waals surface area (Å²) in [5.74, 6) is 0.587. The molecule has 2 N–H and O–H groups in total. The normalized spacial score (nSPS) is 10.6. The number of anilines is 1. The van der Waals surface area contributed by atoms with Crippen LogP contribution in [0.5, 0.6) is 11.8 Å². The number of benzene rings is 1. The van der Waals surface area contributed by atoms with E-state index in [1.165, 1.54) is 0 Å². The molecule has 3 heterocycles. The van der Waals surface area contributed by atoms with Gasteiger partial charge >= 0.3 is 12.0 Å². The highest BCUT2D eigenvalue weighted by Gasteiger charge is 2.05. The molecule has 4 aromatic rings. The Kier molecular flexibility index (Phi) is 5.10. The topological polar surface area (TPSA) is 93.4 Å². The zero-order chi connectivity index (χ0) is 19.2. The Labute approximate surface area is 161 Å². The predicted octanol–water partition coefficient (Wildman–Crippen LogP) is 3.28. The van der Waals surface area contributed by atoms with Gasteiger partial charge in [-0.05, 0) is 42.5 Å². The number of amides is 2. The molecular formula is C20H18N6O2. The van der Waals surface area contributed by atoms with Crippen LogP contribution in [-0.2, 0) is 6.42 Å². The van der Waals surface area contributed by atoms with Crippen LogP contribution in [0.1, 0.15) is 5.69 Å². The molecule has 0 radical (unpaired) electrons. The molecule has 0 saturated carbocycles. The molecule has 2 amide bonds. The highest BCUT2D eigenvalue weighted by Crippen LogP contribution is 2.19.